The highest BCUT2D eigenvalue weighted by Gasteiger charge is 2.12. The highest BCUT2D eigenvalue weighted by molar-refractivity contribution is 5.80. The number of urea groups is 1. The Morgan fingerprint density at radius 1 is 0.793 bits per heavy atom. The zero-order valence-corrected chi connectivity index (χ0v) is 16.2. The molecule has 0 spiro atoms. The Morgan fingerprint density at radius 3 is 2.24 bits per heavy atom. The Morgan fingerprint density at radius 2 is 1.45 bits per heavy atom. The molecule has 3 aromatic carbocycles. The molecule has 1 heterocycles. The molecule has 0 unspecified atom stereocenters. The molecule has 5 nitrogen and oxygen atoms in total. The molecule has 4 aromatic rings. The van der Waals surface area contributed by atoms with Gasteiger partial charge in [-0.3, -0.25) is 0 Å². The minimum Gasteiger partial charge on any atom is -0.338 e. The van der Waals surface area contributed by atoms with E-state index in [1.807, 2.05) is 54.6 Å². The first-order chi connectivity index (χ1) is 14.3. The Hall–Kier alpha value is -3.60. The second kappa shape index (κ2) is 9.06. The van der Waals surface area contributed by atoms with Crippen LogP contribution in [0.25, 0.3) is 22.4 Å². The summed E-state index contributed by atoms with van der Waals surface area (Å²) in [4.78, 5) is 16.9. The summed E-state index contributed by atoms with van der Waals surface area (Å²) in [6.45, 7) is 1.79. The molecule has 5 heteroatoms. The van der Waals surface area contributed by atoms with Gasteiger partial charge in [-0.05, 0) is 24.1 Å². The number of benzene rings is 3. The van der Waals surface area contributed by atoms with E-state index in [4.69, 9.17) is 4.98 Å². The second-order valence-electron chi connectivity index (χ2n) is 6.86. The van der Waals surface area contributed by atoms with Crippen molar-refractivity contribution in [2.75, 3.05) is 13.1 Å². The van der Waals surface area contributed by atoms with Crippen LogP contribution in [0.1, 0.15) is 5.56 Å². The SMILES string of the molecule is O=C(NCCc1ccccc1)NCCn1c(-c2ccccc2)nc2ccccc21. The van der Waals surface area contributed by atoms with Crippen molar-refractivity contribution in [3.8, 4) is 11.4 Å². The lowest BCUT2D eigenvalue weighted by molar-refractivity contribution is 0.240. The smallest absolute Gasteiger partial charge is 0.314 e. The first-order valence-electron chi connectivity index (χ1n) is 9.87. The number of hydrogen-bond acceptors (Lipinski definition) is 2. The summed E-state index contributed by atoms with van der Waals surface area (Å²) in [6, 6.07) is 28.2. The summed E-state index contributed by atoms with van der Waals surface area (Å²) in [6.07, 6.45) is 0.818. The molecule has 0 fully saturated rings. The van der Waals surface area contributed by atoms with Crippen LogP contribution in [0, 0.1) is 0 Å². The average molecular weight is 384 g/mol. The molecule has 0 aliphatic rings. The average Bonchev–Trinajstić information content (AvgIpc) is 3.14. The molecule has 0 aliphatic carbocycles. The normalized spacial score (nSPS) is 10.8. The van der Waals surface area contributed by atoms with Crippen molar-refractivity contribution in [1.29, 1.82) is 0 Å². The number of imidazole rings is 1. The molecule has 0 atom stereocenters. The van der Waals surface area contributed by atoms with E-state index in [1.54, 1.807) is 0 Å². The van der Waals surface area contributed by atoms with E-state index >= 15 is 0 Å². The summed E-state index contributed by atoms with van der Waals surface area (Å²) in [5.74, 6) is 0.915. The maximum atomic E-state index is 12.1. The van der Waals surface area contributed by atoms with Crippen molar-refractivity contribution in [3.05, 3.63) is 90.5 Å². The van der Waals surface area contributed by atoms with Crippen LogP contribution < -0.4 is 10.6 Å². The molecule has 29 heavy (non-hydrogen) atoms. The van der Waals surface area contributed by atoms with Gasteiger partial charge < -0.3 is 15.2 Å². The minimum absolute atomic E-state index is 0.147. The van der Waals surface area contributed by atoms with E-state index in [0.717, 1.165) is 28.8 Å². The summed E-state index contributed by atoms with van der Waals surface area (Å²) >= 11 is 0. The van der Waals surface area contributed by atoms with Crippen LogP contribution >= 0.6 is 0 Å². The molecule has 0 saturated carbocycles. The van der Waals surface area contributed by atoms with E-state index in [1.165, 1.54) is 5.56 Å². The monoisotopic (exact) mass is 384 g/mol. The number of carbonyl (C=O) groups excluding carboxylic acids is 1. The predicted molar refractivity (Wildman–Crippen MR) is 117 cm³/mol. The summed E-state index contributed by atoms with van der Waals surface area (Å²) in [5, 5.41) is 5.87. The molecule has 146 valence electrons. The maximum Gasteiger partial charge on any atom is 0.314 e. The fourth-order valence-corrected chi connectivity index (χ4v) is 3.42. The van der Waals surface area contributed by atoms with E-state index in [2.05, 4.69) is 45.5 Å². The van der Waals surface area contributed by atoms with Gasteiger partial charge in [0.2, 0.25) is 0 Å². The molecule has 2 N–H and O–H groups in total. The number of aromatic nitrogens is 2. The van der Waals surface area contributed by atoms with Crippen molar-refractivity contribution in [2.45, 2.75) is 13.0 Å². The van der Waals surface area contributed by atoms with Gasteiger partial charge in [0, 0.05) is 25.2 Å². The number of nitrogens with one attached hydrogen (secondary N) is 2. The molecule has 4 rings (SSSR count). The van der Waals surface area contributed by atoms with E-state index in [0.29, 0.717) is 19.6 Å². The quantitative estimate of drug-likeness (QED) is 0.501. The van der Waals surface area contributed by atoms with Crippen molar-refractivity contribution in [1.82, 2.24) is 20.2 Å². The molecule has 0 radical (unpaired) electrons. The highest BCUT2D eigenvalue weighted by Crippen LogP contribution is 2.24. The lowest BCUT2D eigenvalue weighted by Gasteiger charge is -2.11. The van der Waals surface area contributed by atoms with Crippen LogP contribution in [0.15, 0.2) is 84.9 Å². The van der Waals surface area contributed by atoms with E-state index in [9.17, 15) is 4.79 Å². The summed E-state index contributed by atoms with van der Waals surface area (Å²) < 4.78 is 2.16. The van der Waals surface area contributed by atoms with E-state index < -0.39 is 0 Å². The van der Waals surface area contributed by atoms with Gasteiger partial charge in [0.15, 0.2) is 0 Å². The number of fused-ring (bicyclic) bond motifs is 1. The van der Waals surface area contributed by atoms with Crippen molar-refractivity contribution in [3.63, 3.8) is 0 Å². The lowest BCUT2D eigenvalue weighted by Crippen LogP contribution is -2.38. The zero-order valence-electron chi connectivity index (χ0n) is 16.2. The molecular formula is C24H24N4O. The lowest BCUT2D eigenvalue weighted by atomic mass is 10.1. The van der Waals surface area contributed by atoms with Crippen LogP contribution in [-0.2, 0) is 13.0 Å². The van der Waals surface area contributed by atoms with Crippen LogP contribution in [0.2, 0.25) is 0 Å². The number of carbonyl (C=O) groups is 1. The number of nitrogens with zero attached hydrogens (tertiary/aromatic N) is 2. The first kappa shape index (κ1) is 18.7. The third-order valence-electron chi connectivity index (χ3n) is 4.85. The molecule has 2 amide bonds. The Bertz CT molecular complexity index is 1070. The largest absolute Gasteiger partial charge is 0.338 e. The second-order valence-corrected chi connectivity index (χ2v) is 6.86. The highest BCUT2D eigenvalue weighted by atomic mass is 16.2. The standard InChI is InChI=1S/C24H24N4O/c29-24(25-16-15-19-9-3-1-4-10-19)26-17-18-28-22-14-8-7-13-21(22)27-23(28)20-11-5-2-6-12-20/h1-14H,15-18H2,(H2,25,26,29). The van der Waals surface area contributed by atoms with Crippen molar-refractivity contribution in [2.24, 2.45) is 0 Å². The third kappa shape index (κ3) is 4.63. The number of hydrogen-bond donors (Lipinski definition) is 2. The Kier molecular flexibility index (Phi) is 5.86. The van der Waals surface area contributed by atoms with Gasteiger partial charge in [-0.2, -0.15) is 0 Å². The molecule has 0 saturated heterocycles. The molecule has 0 bridgehead atoms. The Labute approximate surface area is 170 Å². The number of rotatable bonds is 7. The first-order valence-corrected chi connectivity index (χ1v) is 9.87. The van der Waals surface area contributed by atoms with Crippen molar-refractivity contribution >= 4 is 17.1 Å². The van der Waals surface area contributed by atoms with E-state index in [-0.39, 0.29) is 6.03 Å². The fraction of sp³-hybridized carbons (Fsp3) is 0.167. The van der Waals surface area contributed by atoms with Crippen LogP contribution in [0.4, 0.5) is 4.79 Å². The van der Waals surface area contributed by atoms with Gasteiger partial charge in [0.1, 0.15) is 5.82 Å². The molecule has 1 aromatic heterocycles. The minimum atomic E-state index is -0.147. The third-order valence-corrected chi connectivity index (χ3v) is 4.85. The van der Waals surface area contributed by atoms with Gasteiger partial charge in [0.25, 0.3) is 0 Å². The van der Waals surface area contributed by atoms with Gasteiger partial charge in [-0.1, -0.05) is 72.8 Å². The zero-order chi connectivity index (χ0) is 19.9. The Balaban J connectivity index is 1.37. The number of amides is 2. The van der Waals surface area contributed by atoms with Crippen LogP contribution in [-0.4, -0.2) is 28.7 Å². The predicted octanol–water partition coefficient (Wildman–Crippen LogP) is 4.25. The van der Waals surface area contributed by atoms with Gasteiger partial charge in [-0.15, -0.1) is 0 Å². The topological polar surface area (TPSA) is 59.0 Å². The number of para-hydroxylation sites is 2. The van der Waals surface area contributed by atoms with Crippen molar-refractivity contribution < 1.29 is 4.79 Å². The van der Waals surface area contributed by atoms with Gasteiger partial charge >= 0.3 is 6.03 Å². The molecular weight excluding hydrogens is 360 g/mol. The molecule has 0 aliphatic heterocycles. The van der Waals surface area contributed by atoms with Gasteiger partial charge in [-0.25, -0.2) is 9.78 Å². The van der Waals surface area contributed by atoms with Crippen LogP contribution in [0.3, 0.4) is 0 Å². The van der Waals surface area contributed by atoms with Gasteiger partial charge in [0.05, 0.1) is 11.0 Å². The fourth-order valence-electron chi connectivity index (χ4n) is 3.42. The summed E-state index contributed by atoms with van der Waals surface area (Å²) in [5.41, 5.74) is 4.30. The van der Waals surface area contributed by atoms with Crippen LogP contribution in [0.5, 0.6) is 0 Å². The summed E-state index contributed by atoms with van der Waals surface area (Å²) in [7, 11) is 0. The maximum absolute atomic E-state index is 12.1.